The SMILES string of the molecule is CN(C)[C@@H]1CCN(c2ncc(Sc3ccc(C(N)=O)cc3)c(OCc3cccc(F)c3)n2)C1. The molecule has 1 saturated heterocycles. The number of hydrogen-bond acceptors (Lipinski definition) is 7. The number of halogens is 1. The molecule has 0 unspecified atom stereocenters. The van der Waals surface area contributed by atoms with E-state index in [0.29, 0.717) is 29.0 Å². The normalized spacial score (nSPS) is 15.8. The first-order valence-corrected chi connectivity index (χ1v) is 11.4. The summed E-state index contributed by atoms with van der Waals surface area (Å²) in [5.41, 5.74) is 6.49. The van der Waals surface area contributed by atoms with Crippen molar-refractivity contribution < 1.29 is 13.9 Å². The first kappa shape index (κ1) is 23.0. The molecule has 7 nitrogen and oxygen atoms in total. The molecule has 0 aliphatic carbocycles. The van der Waals surface area contributed by atoms with E-state index >= 15 is 0 Å². The number of rotatable bonds is 8. The molecule has 1 amide bonds. The highest BCUT2D eigenvalue weighted by Gasteiger charge is 2.26. The van der Waals surface area contributed by atoms with Gasteiger partial charge in [-0.2, -0.15) is 4.98 Å². The van der Waals surface area contributed by atoms with Crippen molar-refractivity contribution in [2.45, 2.75) is 28.9 Å². The van der Waals surface area contributed by atoms with E-state index in [1.54, 1.807) is 24.4 Å². The van der Waals surface area contributed by atoms with Crippen LogP contribution < -0.4 is 15.4 Å². The summed E-state index contributed by atoms with van der Waals surface area (Å²) in [6, 6.07) is 13.7. The van der Waals surface area contributed by atoms with E-state index in [1.165, 1.54) is 23.9 Å². The Bertz CT molecular complexity index is 1130. The molecule has 1 aliphatic rings. The number of nitrogens with zero attached hydrogens (tertiary/aromatic N) is 4. The van der Waals surface area contributed by atoms with Gasteiger partial charge in [-0.1, -0.05) is 23.9 Å². The van der Waals surface area contributed by atoms with Gasteiger partial charge in [0, 0.05) is 29.6 Å². The molecule has 0 spiro atoms. The molecule has 2 aromatic carbocycles. The zero-order valence-corrected chi connectivity index (χ0v) is 19.4. The molecule has 3 aromatic rings. The zero-order valence-electron chi connectivity index (χ0n) is 18.6. The molecule has 2 heterocycles. The second-order valence-corrected chi connectivity index (χ2v) is 9.22. The molecule has 1 aliphatic heterocycles. The fraction of sp³-hybridized carbons (Fsp3) is 0.292. The molecule has 172 valence electrons. The molecule has 4 rings (SSSR count). The largest absolute Gasteiger partial charge is 0.472 e. The van der Waals surface area contributed by atoms with Gasteiger partial charge >= 0.3 is 0 Å². The maximum Gasteiger partial charge on any atom is 0.248 e. The van der Waals surface area contributed by atoms with Crippen molar-refractivity contribution in [3.63, 3.8) is 0 Å². The lowest BCUT2D eigenvalue weighted by atomic mass is 10.2. The lowest BCUT2D eigenvalue weighted by Crippen LogP contribution is -2.32. The smallest absolute Gasteiger partial charge is 0.248 e. The number of anilines is 1. The molecular formula is C24H26FN5O2S. The van der Waals surface area contributed by atoms with Crippen LogP contribution in [0.1, 0.15) is 22.3 Å². The molecule has 33 heavy (non-hydrogen) atoms. The first-order valence-electron chi connectivity index (χ1n) is 10.6. The summed E-state index contributed by atoms with van der Waals surface area (Å²) in [6.45, 7) is 1.90. The van der Waals surface area contributed by atoms with E-state index < -0.39 is 5.91 Å². The van der Waals surface area contributed by atoms with Crippen LogP contribution in [-0.4, -0.2) is 54.0 Å². The van der Waals surface area contributed by atoms with Crippen LogP contribution in [0.4, 0.5) is 10.3 Å². The maximum atomic E-state index is 13.6. The van der Waals surface area contributed by atoms with Crippen molar-refractivity contribution in [3.05, 3.63) is 71.7 Å². The summed E-state index contributed by atoms with van der Waals surface area (Å²) in [5, 5.41) is 0. The minimum Gasteiger partial charge on any atom is -0.472 e. The Morgan fingerprint density at radius 3 is 2.73 bits per heavy atom. The second kappa shape index (κ2) is 10.2. The highest BCUT2D eigenvalue weighted by molar-refractivity contribution is 7.99. The second-order valence-electron chi connectivity index (χ2n) is 8.10. The Labute approximate surface area is 196 Å². The molecule has 1 atom stereocenters. The van der Waals surface area contributed by atoms with Gasteiger partial charge in [-0.15, -0.1) is 0 Å². The van der Waals surface area contributed by atoms with Gasteiger partial charge in [0.2, 0.25) is 17.7 Å². The highest BCUT2D eigenvalue weighted by atomic mass is 32.2. The summed E-state index contributed by atoms with van der Waals surface area (Å²) in [7, 11) is 4.15. The number of nitrogens with two attached hydrogens (primary N) is 1. The molecule has 1 aromatic heterocycles. The van der Waals surface area contributed by atoms with Crippen LogP contribution in [0, 0.1) is 5.82 Å². The summed E-state index contributed by atoms with van der Waals surface area (Å²) in [5.74, 6) is 0.263. The van der Waals surface area contributed by atoms with Crippen molar-refractivity contribution in [1.29, 1.82) is 0 Å². The lowest BCUT2D eigenvalue weighted by Gasteiger charge is -2.21. The number of aromatic nitrogens is 2. The van der Waals surface area contributed by atoms with Gasteiger partial charge in [-0.3, -0.25) is 4.79 Å². The molecular weight excluding hydrogens is 441 g/mol. The summed E-state index contributed by atoms with van der Waals surface area (Å²) in [4.78, 5) is 26.6. The van der Waals surface area contributed by atoms with Crippen LogP contribution in [0.15, 0.2) is 64.5 Å². The Hall–Kier alpha value is -3.17. The number of ether oxygens (including phenoxy) is 1. The summed E-state index contributed by atoms with van der Waals surface area (Å²) < 4.78 is 19.6. The third-order valence-electron chi connectivity index (χ3n) is 5.52. The van der Waals surface area contributed by atoms with Crippen LogP contribution in [0.5, 0.6) is 5.88 Å². The topological polar surface area (TPSA) is 84.6 Å². The van der Waals surface area contributed by atoms with Crippen LogP contribution in [0.3, 0.4) is 0 Å². The maximum absolute atomic E-state index is 13.6. The van der Waals surface area contributed by atoms with E-state index in [2.05, 4.69) is 28.9 Å². The monoisotopic (exact) mass is 467 g/mol. The Morgan fingerprint density at radius 2 is 2.06 bits per heavy atom. The number of primary amides is 1. The van der Waals surface area contributed by atoms with Gasteiger partial charge in [0.05, 0.1) is 11.1 Å². The van der Waals surface area contributed by atoms with Crippen LogP contribution in [0.2, 0.25) is 0 Å². The molecule has 2 N–H and O–H groups in total. The number of carbonyl (C=O) groups excluding carboxylic acids is 1. The number of hydrogen-bond donors (Lipinski definition) is 1. The van der Waals surface area contributed by atoms with Crippen LogP contribution in [0.25, 0.3) is 0 Å². The van der Waals surface area contributed by atoms with E-state index in [4.69, 9.17) is 15.5 Å². The van der Waals surface area contributed by atoms with Crippen LogP contribution >= 0.6 is 11.8 Å². The predicted molar refractivity (Wildman–Crippen MR) is 126 cm³/mol. The van der Waals surface area contributed by atoms with Gasteiger partial charge in [0.15, 0.2) is 0 Å². The third kappa shape index (κ3) is 5.80. The summed E-state index contributed by atoms with van der Waals surface area (Å²) in [6.07, 6.45) is 2.79. The Kier molecular flexibility index (Phi) is 7.10. The molecule has 1 fully saturated rings. The third-order valence-corrected chi connectivity index (χ3v) is 6.53. The van der Waals surface area contributed by atoms with Gasteiger partial charge < -0.3 is 20.3 Å². The Morgan fingerprint density at radius 1 is 1.27 bits per heavy atom. The lowest BCUT2D eigenvalue weighted by molar-refractivity contribution is 0.1000. The number of carbonyl (C=O) groups is 1. The van der Waals surface area contributed by atoms with Gasteiger partial charge in [0.1, 0.15) is 12.4 Å². The average molecular weight is 468 g/mol. The fourth-order valence-electron chi connectivity index (χ4n) is 3.61. The quantitative estimate of drug-likeness (QED) is 0.542. The van der Waals surface area contributed by atoms with Crippen molar-refractivity contribution in [1.82, 2.24) is 14.9 Å². The van der Waals surface area contributed by atoms with Crippen molar-refractivity contribution in [3.8, 4) is 5.88 Å². The van der Waals surface area contributed by atoms with E-state index in [1.807, 2.05) is 18.2 Å². The average Bonchev–Trinajstić information content (AvgIpc) is 3.30. The minimum absolute atomic E-state index is 0.183. The van der Waals surface area contributed by atoms with Gasteiger partial charge in [0.25, 0.3) is 0 Å². The standard InChI is InChI=1S/C24H26FN5O2S/c1-29(2)19-10-11-30(14-19)24-27-13-21(33-20-8-6-17(7-9-20)22(26)31)23(28-24)32-15-16-4-3-5-18(25)12-16/h3-9,12-13,19H,10-11,14-15H2,1-2H3,(H2,26,31)/t19-/m1/s1. The highest BCUT2D eigenvalue weighted by Crippen LogP contribution is 2.35. The van der Waals surface area contributed by atoms with E-state index in [9.17, 15) is 9.18 Å². The first-order chi connectivity index (χ1) is 15.9. The fourth-order valence-corrected chi connectivity index (χ4v) is 4.43. The predicted octanol–water partition coefficient (Wildman–Crippen LogP) is 3.59. The zero-order chi connectivity index (χ0) is 23.4. The van der Waals surface area contributed by atoms with Gasteiger partial charge in [-0.25, -0.2) is 9.37 Å². The van der Waals surface area contributed by atoms with E-state index in [0.717, 1.165) is 29.3 Å². The molecule has 0 saturated carbocycles. The van der Waals surface area contributed by atoms with Crippen molar-refractivity contribution in [2.75, 3.05) is 32.1 Å². The van der Waals surface area contributed by atoms with Gasteiger partial charge in [-0.05, 0) is 62.5 Å². The number of benzene rings is 2. The van der Waals surface area contributed by atoms with Crippen LogP contribution in [-0.2, 0) is 6.61 Å². The summed E-state index contributed by atoms with van der Waals surface area (Å²) >= 11 is 1.43. The van der Waals surface area contributed by atoms with Crippen molar-refractivity contribution >= 4 is 23.6 Å². The molecule has 9 heteroatoms. The number of amides is 1. The Balaban J connectivity index is 1.58. The van der Waals surface area contributed by atoms with Crippen molar-refractivity contribution in [2.24, 2.45) is 5.73 Å². The minimum atomic E-state index is -0.472. The van der Waals surface area contributed by atoms with E-state index in [-0.39, 0.29) is 12.4 Å². The molecule has 0 radical (unpaired) electrons. The number of likely N-dealkylation sites (N-methyl/N-ethyl adjacent to an activating group) is 1. The molecule has 0 bridgehead atoms.